The van der Waals surface area contributed by atoms with Gasteiger partial charge in [-0.3, -0.25) is 0 Å². The van der Waals surface area contributed by atoms with Crippen LogP contribution in [0.2, 0.25) is 0 Å². The molecule has 0 N–H and O–H groups in total. The molecule has 0 unspecified atom stereocenters. The van der Waals surface area contributed by atoms with E-state index in [1.807, 2.05) is 0 Å². The zero-order valence-corrected chi connectivity index (χ0v) is 8.94. The quantitative estimate of drug-likeness (QED) is 0.338. The smallest absolute Gasteiger partial charge is 0.219 e. The molecule has 0 amide bonds. The van der Waals surface area contributed by atoms with Crippen molar-refractivity contribution < 1.29 is 4.43 Å². The molecule has 2 heteroatoms. The lowest BCUT2D eigenvalue weighted by atomic mass is 10.2. The number of hydrogen-bond donors (Lipinski definition) is 0. The van der Waals surface area contributed by atoms with Crippen LogP contribution in [0.3, 0.4) is 0 Å². The maximum absolute atomic E-state index is 4.73. The first-order chi connectivity index (χ1) is 4.91. The van der Waals surface area contributed by atoms with E-state index >= 15 is 0 Å². The van der Waals surface area contributed by atoms with Crippen molar-refractivity contribution in [1.82, 2.24) is 0 Å². The topological polar surface area (TPSA) is 9.23 Å². The molecule has 0 saturated carbocycles. The fourth-order valence-electron chi connectivity index (χ4n) is 0.763. The van der Waals surface area contributed by atoms with E-state index in [0.29, 0.717) is 0 Å². The molecule has 0 aromatic carbocycles. The monoisotopic (exact) mass is 156 g/mol. The molecular formula is C8H16OSi. The molecule has 58 valence electrons. The van der Waals surface area contributed by atoms with E-state index in [1.54, 1.807) is 0 Å². The van der Waals surface area contributed by atoms with Gasteiger partial charge in [-0.05, 0) is 6.42 Å². The van der Waals surface area contributed by atoms with Gasteiger partial charge in [0.05, 0.1) is 6.11 Å². The molecule has 0 aliphatic carbocycles. The lowest BCUT2D eigenvalue weighted by Gasteiger charge is -1.91. The van der Waals surface area contributed by atoms with Gasteiger partial charge in [0.25, 0.3) is 0 Å². The maximum atomic E-state index is 4.73. The molecule has 0 fully saturated rings. The van der Waals surface area contributed by atoms with Crippen LogP contribution in [0.4, 0.5) is 0 Å². The lowest BCUT2D eigenvalue weighted by Crippen LogP contribution is -1.74. The Balaban J connectivity index is 2.90. The van der Waals surface area contributed by atoms with Gasteiger partial charge in [0.1, 0.15) is 0 Å². The zero-order chi connectivity index (χ0) is 7.66. The molecule has 0 aromatic rings. The van der Waals surface area contributed by atoms with Crippen LogP contribution in [0, 0.1) is 12.0 Å². The Hall–Kier alpha value is -0.423. The highest BCUT2D eigenvalue weighted by molar-refractivity contribution is 5.98. The zero-order valence-electron chi connectivity index (χ0n) is 6.94. The summed E-state index contributed by atoms with van der Waals surface area (Å²) in [6, 6.07) is 0. The second kappa shape index (κ2) is 8.58. The van der Waals surface area contributed by atoms with Crippen LogP contribution in [-0.4, -0.2) is 10.5 Å². The highest BCUT2D eigenvalue weighted by atomic mass is 28.2. The molecule has 0 aliphatic heterocycles. The molecule has 0 bridgehead atoms. The minimum atomic E-state index is 0.735. The average Bonchev–Trinajstić information content (AvgIpc) is 1.97. The average molecular weight is 156 g/mol. The van der Waals surface area contributed by atoms with Crippen LogP contribution >= 0.6 is 0 Å². The van der Waals surface area contributed by atoms with Crippen molar-refractivity contribution in [3.8, 4) is 12.0 Å². The summed E-state index contributed by atoms with van der Waals surface area (Å²) in [5, 5.41) is 0. The van der Waals surface area contributed by atoms with Crippen LogP contribution < -0.4 is 0 Å². The first-order valence-electron chi connectivity index (χ1n) is 3.92. The van der Waals surface area contributed by atoms with Crippen LogP contribution in [0.5, 0.6) is 0 Å². The number of unbranched alkanes of at least 4 members (excludes halogenated alkanes) is 4. The maximum Gasteiger partial charge on any atom is 0.219 e. The fraction of sp³-hybridized carbons (Fsp3) is 0.750. The van der Waals surface area contributed by atoms with E-state index in [-0.39, 0.29) is 0 Å². The Morgan fingerprint density at radius 2 is 2.10 bits per heavy atom. The van der Waals surface area contributed by atoms with E-state index in [9.17, 15) is 0 Å². The Morgan fingerprint density at radius 3 is 2.70 bits per heavy atom. The molecule has 0 aromatic heterocycles. The minimum Gasteiger partial charge on any atom is -0.512 e. The summed E-state index contributed by atoms with van der Waals surface area (Å²) in [5.41, 5.74) is 0. The van der Waals surface area contributed by atoms with Gasteiger partial charge in [-0.2, -0.15) is 0 Å². The third-order valence-corrected chi connectivity index (χ3v) is 1.53. The van der Waals surface area contributed by atoms with Gasteiger partial charge >= 0.3 is 0 Å². The predicted octanol–water partition coefficient (Wildman–Crippen LogP) is 1.21. The van der Waals surface area contributed by atoms with E-state index in [0.717, 1.165) is 16.9 Å². The Bertz CT molecular complexity index is 112. The van der Waals surface area contributed by atoms with Crippen LogP contribution in [0.1, 0.15) is 39.0 Å². The standard InChI is InChI=1S/C8H16OSi/c1-2-3-4-5-6-7-8-9-10/h2-6H2,1,10H3. The van der Waals surface area contributed by atoms with Crippen molar-refractivity contribution in [1.29, 1.82) is 0 Å². The first kappa shape index (κ1) is 9.58. The molecule has 0 saturated heterocycles. The summed E-state index contributed by atoms with van der Waals surface area (Å²) in [7, 11) is 0.735. The molecule has 1 nitrogen and oxygen atoms in total. The molecule has 0 aliphatic rings. The van der Waals surface area contributed by atoms with Gasteiger partial charge in [-0.1, -0.05) is 32.1 Å². The van der Waals surface area contributed by atoms with Crippen LogP contribution in [-0.2, 0) is 4.43 Å². The lowest BCUT2D eigenvalue weighted by molar-refractivity contribution is 0.576. The molecule has 0 rings (SSSR count). The molecular weight excluding hydrogens is 140 g/mol. The minimum absolute atomic E-state index is 0.735. The highest BCUT2D eigenvalue weighted by Gasteiger charge is 1.82. The van der Waals surface area contributed by atoms with Crippen molar-refractivity contribution in [3.05, 3.63) is 0 Å². The molecule has 0 spiro atoms. The van der Waals surface area contributed by atoms with Crippen molar-refractivity contribution >= 4 is 10.5 Å². The van der Waals surface area contributed by atoms with Crippen molar-refractivity contribution in [2.75, 3.05) is 0 Å². The summed E-state index contributed by atoms with van der Waals surface area (Å²) < 4.78 is 4.73. The largest absolute Gasteiger partial charge is 0.512 e. The van der Waals surface area contributed by atoms with Crippen LogP contribution in [0.15, 0.2) is 0 Å². The molecule has 0 radical (unpaired) electrons. The van der Waals surface area contributed by atoms with Gasteiger partial charge in [-0.25, -0.2) is 0 Å². The Kier molecular flexibility index (Phi) is 8.21. The Morgan fingerprint density at radius 1 is 1.30 bits per heavy atom. The summed E-state index contributed by atoms with van der Waals surface area (Å²) in [4.78, 5) is 0. The van der Waals surface area contributed by atoms with E-state index < -0.39 is 0 Å². The second-order valence-electron chi connectivity index (χ2n) is 2.29. The van der Waals surface area contributed by atoms with Gasteiger partial charge in [0.15, 0.2) is 0 Å². The number of rotatable bonds is 4. The normalized spacial score (nSPS) is 8.50. The van der Waals surface area contributed by atoms with Gasteiger partial charge in [0.2, 0.25) is 10.5 Å². The van der Waals surface area contributed by atoms with E-state index in [2.05, 4.69) is 19.0 Å². The fourth-order valence-corrected chi connectivity index (χ4v) is 0.908. The molecule has 10 heavy (non-hydrogen) atoms. The summed E-state index contributed by atoms with van der Waals surface area (Å²) in [6.45, 7) is 2.21. The predicted molar refractivity (Wildman–Crippen MR) is 47.6 cm³/mol. The summed E-state index contributed by atoms with van der Waals surface area (Å²) in [5.74, 6) is 2.96. The summed E-state index contributed by atoms with van der Waals surface area (Å²) in [6.07, 6.45) is 8.81. The molecule has 0 atom stereocenters. The SMILES string of the molecule is CCCCCCC#CO[SiH3]. The third kappa shape index (κ3) is 7.58. The van der Waals surface area contributed by atoms with Gasteiger partial charge in [-0.15, -0.1) is 0 Å². The number of hydrogen-bond acceptors (Lipinski definition) is 1. The molecule has 0 heterocycles. The van der Waals surface area contributed by atoms with Crippen molar-refractivity contribution in [2.45, 2.75) is 39.0 Å². The third-order valence-electron chi connectivity index (χ3n) is 1.33. The Labute approximate surface area is 66.7 Å². The van der Waals surface area contributed by atoms with Gasteiger partial charge in [0, 0.05) is 6.42 Å². The van der Waals surface area contributed by atoms with Crippen molar-refractivity contribution in [2.24, 2.45) is 0 Å². The first-order valence-corrected chi connectivity index (χ1v) is 4.74. The second-order valence-corrected chi connectivity index (χ2v) is 2.70. The van der Waals surface area contributed by atoms with E-state index in [4.69, 9.17) is 4.43 Å². The van der Waals surface area contributed by atoms with Crippen molar-refractivity contribution in [3.63, 3.8) is 0 Å². The van der Waals surface area contributed by atoms with E-state index in [1.165, 1.54) is 25.7 Å². The highest BCUT2D eigenvalue weighted by Crippen LogP contribution is 2.00. The van der Waals surface area contributed by atoms with Gasteiger partial charge < -0.3 is 4.43 Å². The summed E-state index contributed by atoms with van der Waals surface area (Å²) >= 11 is 0. The van der Waals surface area contributed by atoms with Crippen LogP contribution in [0.25, 0.3) is 0 Å².